The standard InChI is InChI=1S/C12H27N3O/c1-9(2)6-15(7-10(3)4)8-12(5,14)11(13)16/h9-10H,6-8,14H2,1-5H3,(H2,13,16). The third-order valence-corrected chi connectivity index (χ3v) is 2.36. The summed E-state index contributed by atoms with van der Waals surface area (Å²) in [5.74, 6) is 0.676. The number of nitrogens with two attached hydrogens (primary N) is 2. The normalized spacial score (nSPS) is 15.8. The van der Waals surface area contributed by atoms with Gasteiger partial charge in [0.15, 0.2) is 0 Å². The minimum atomic E-state index is -0.941. The Morgan fingerprint density at radius 1 is 1.19 bits per heavy atom. The highest BCUT2D eigenvalue weighted by atomic mass is 16.1. The lowest BCUT2D eigenvalue weighted by atomic mass is 10.0. The van der Waals surface area contributed by atoms with Crippen molar-refractivity contribution in [2.75, 3.05) is 19.6 Å². The van der Waals surface area contributed by atoms with Crippen molar-refractivity contribution in [1.29, 1.82) is 0 Å². The zero-order valence-corrected chi connectivity index (χ0v) is 11.3. The van der Waals surface area contributed by atoms with E-state index in [1.54, 1.807) is 6.92 Å². The molecule has 0 fully saturated rings. The van der Waals surface area contributed by atoms with E-state index >= 15 is 0 Å². The van der Waals surface area contributed by atoms with Gasteiger partial charge >= 0.3 is 0 Å². The van der Waals surface area contributed by atoms with E-state index in [0.29, 0.717) is 18.4 Å². The second-order valence-electron chi connectivity index (χ2n) is 5.76. The molecule has 1 amide bonds. The average Bonchev–Trinajstić information content (AvgIpc) is 1.99. The Morgan fingerprint density at radius 3 is 1.81 bits per heavy atom. The van der Waals surface area contributed by atoms with Gasteiger partial charge in [-0.15, -0.1) is 0 Å². The Kier molecular flexibility index (Phi) is 5.97. The number of nitrogens with zero attached hydrogens (tertiary/aromatic N) is 1. The van der Waals surface area contributed by atoms with Crippen molar-refractivity contribution < 1.29 is 4.79 Å². The second-order valence-corrected chi connectivity index (χ2v) is 5.76. The Morgan fingerprint density at radius 2 is 1.56 bits per heavy atom. The van der Waals surface area contributed by atoms with Crippen molar-refractivity contribution in [3.05, 3.63) is 0 Å². The molecule has 1 unspecified atom stereocenters. The third-order valence-electron chi connectivity index (χ3n) is 2.36. The zero-order chi connectivity index (χ0) is 12.9. The van der Waals surface area contributed by atoms with Gasteiger partial charge in [0.2, 0.25) is 5.91 Å². The van der Waals surface area contributed by atoms with Crippen molar-refractivity contribution >= 4 is 5.91 Å². The summed E-state index contributed by atoms with van der Waals surface area (Å²) in [5.41, 5.74) is 10.2. The maximum atomic E-state index is 11.2. The van der Waals surface area contributed by atoms with Crippen LogP contribution in [0.2, 0.25) is 0 Å². The summed E-state index contributed by atoms with van der Waals surface area (Å²) in [6.07, 6.45) is 0. The number of primary amides is 1. The van der Waals surface area contributed by atoms with Crippen molar-refractivity contribution in [2.45, 2.75) is 40.2 Å². The molecule has 1 atom stereocenters. The first kappa shape index (κ1) is 15.4. The van der Waals surface area contributed by atoms with Gasteiger partial charge in [0.25, 0.3) is 0 Å². The number of carbonyl (C=O) groups excluding carboxylic acids is 1. The highest BCUT2D eigenvalue weighted by Gasteiger charge is 2.28. The van der Waals surface area contributed by atoms with Crippen LogP contribution in [-0.4, -0.2) is 36.0 Å². The summed E-state index contributed by atoms with van der Waals surface area (Å²) >= 11 is 0. The van der Waals surface area contributed by atoms with E-state index in [-0.39, 0.29) is 0 Å². The van der Waals surface area contributed by atoms with Crippen LogP contribution in [0.15, 0.2) is 0 Å². The molecule has 0 aliphatic carbocycles. The fourth-order valence-electron chi connectivity index (χ4n) is 1.78. The number of carbonyl (C=O) groups is 1. The van der Waals surface area contributed by atoms with Crippen LogP contribution < -0.4 is 11.5 Å². The molecule has 4 nitrogen and oxygen atoms in total. The molecule has 0 aliphatic heterocycles. The summed E-state index contributed by atoms with van der Waals surface area (Å²) in [4.78, 5) is 13.4. The van der Waals surface area contributed by atoms with E-state index in [4.69, 9.17) is 11.5 Å². The molecule has 96 valence electrons. The summed E-state index contributed by atoms with van der Waals surface area (Å²) in [6.45, 7) is 12.7. The molecule has 0 bridgehead atoms. The smallest absolute Gasteiger partial charge is 0.238 e. The van der Waals surface area contributed by atoms with Gasteiger partial charge in [0.05, 0.1) is 0 Å². The van der Waals surface area contributed by atoms with Crippen molar-refractivity contribution in [3.63, 3.8) is 0 Å². The molecule has 4 heteroatoms. The van der Waals surface area contributed by atoms with Crippen LogP contribution in [0.25, 0.3) is 0 Å². The minimum absolute atomic E-state index is 0.440. The molecule has 0 spiro atoms. The molecular weight excluding hydrogens is 202 g/mol. The molecule has 0 saturated heterocycles. The van der Waals surface area contributed by atoms with Crippen LogP contribution in [0.5, 0.6) is 0 Å². The van der Waals surface area contributed by atoms with Crippen molar-refractivity contribution in [1.82, 2.24) is 4.90 Å². The Balaban J connectivity index is 4.47. The van der Waals surface area contributed by atoms with Crippen LogP contribution in [-0.2, 0) is 4.79 Å². The predicted octanol–water partition coefficient (Wildman–Crippen LogP) is 0.803. The van der Waals surface area contributed by atoms with E-state index in [9.17, 15) is 4.79 Å². The second kappa shape index (κ2) is 6.21. The largest absolute Gasteiger partial charge is 0.368 e. The number of rotatable bonds is 7. The third kappa shape index (κ3) is 6.08. The van der Waals surface area contributed by atoms with E-state index < -0.39 is 11.4 Å². The molecule has 4 N–H and O–H groups in total. The zero-order valence-electron chi connectivity index (χ0n) is 11.3. The van der Waals surface area contributed by atoms with Crippen molar-refractivity contribution in [3.8, 4) is 0 Å². The van der Waals surface area contributed by atoms with Gasteiger partial charge in [-0.1, -0.05) is 27.7 Å². The van der Waals surface area contributed by atoms with Gasteiger partial charge in [-0.2, -0.15) is 0 Å². The summed E-state index contributed by atoms with van der Waals surface area (Å²) < 4.78 is 0. The van der Waals surface area contributed by atoms with E-state index in [0.717, 1.165) is 13.1 Å². The summed E-state index contributed by atoms with van der Waals surface area (Å²) in [6, 6.07) is 0. The monoisotopic (exact) mass is 229 g/mol. The van der Waals surface area contributed by atoms with Gasteiger partial charge in [-0.05, 0) is 18.8 Å². The molecular formula is C12H27N3O. The summed E-state index contributed by atoms with van der Waals surface area (Å²) in [7, 11) is 0. The molecule has 0 aromatic carbocycles. The highest BCUT2D eigenvalue weighted by molar-refractivity contribution is 5.84. The highest BCUT2D eigenvalue weighted by Crippen LogP contribution is 2.08. The molecule has 0 aromatic rings. The van der Waals surface area contributed by atoms with Gasteiger partial charge < -0.3 is 16.4 Å². The molecule has 0 aromatic heterocycles. The SMILES string of the molecule is CC(C)CN(CC(C)C)CC(C)(N)C(N)=O. The minimum Gasteiger partial charge on any atom is -0.368 e. The van der Waals surface area contributed by atoms with Crippen LogP contribution in [0, 0.1) is 11.8 Å². The molecule has 0 saturated carbocycles. The van der Waals surface area contributed by atoms with Gasteiger partial charge in [0.1, 0.15) is 5.54 Å². The van der Waals surface area contributed by atoms with Crippen LogP contribution in [0.4, 0.5) is 0 Å². The van der Waals surface area contributed by atoms with E-state index in [2.05, 4.69) is 32.6 Å². The quantitative estimate of drug-likeness (QED) is 0.678. The molecule has 0 heterocycles. The number of hydrogen-bond acceptors (Lipinski definition) is 3. The maximum Gasteiger partial charge on any atom is 0.238 e. The van der Waals surface area contributed by atoms with Crippen molar-refractivity contribution in [2.24, 2.45) is 23.3 Å². The first-order valence-corrected chi connectivity index (χ1v) is 5.96. The Labute approximate surface area is 99.4 Å². The van der Waals surface area contributed by atoms with E-state index in [1.165, 1.54) is 0 Å². The topological polar surface area (TPSA) is 72.3 Å². The maximum absolute atomic E-state index is 11.2. The number of hydrogen-bond donors (Lipinski definition) is 2. The molecule has 0 rings (SSSR count). The molecule has 0 aliphatic rings. The first-order valence-electron chi connectivity index (χ1n) is 5.96. The Bertz CT molecular complexity index is 214. The first-order chi connectivity index (χ1) is 7.15. The van der Waals surface area contributed by atoms with Crippen LogP contribution >= 0.6 is 0 Å². The lowest BCUT2D eigenvalue weighted by Crippen LogP contribution is -2.57. The average molecular weight is 229 g/mol. The fraction of sp³-hybridized carbons (Fsp3) is 0.917. The van der Waals surface area contributed by atoms with Crippen LogP contribution in [0.1, 0.15) is 34.6 Å². The summed E-state index contributed by atoms with van der Waals surface area (Å²) in [5, 5.41) is 0. The Hall–Kier alpha value is -0.610. The predicted molar refractivity (Wildman–Crippen MR) is 67.9 cm³/mol. The number of amides is 1. The lowest BCUT2D eigenvalue weighted by molar-refractivity contribution is -0.123. The van der Waals surface area contributed by atoms with Gasteiger partial charge in [0, 0.05) is 19.6 Å². The lowest BCUT2D eigenvalue weighted by Gasteiger charge is -2.32. The van der Waals surface area contributed by atoms with Crippen LogP contribution in [0.3, 0.4) is 0 Å². The van der Waals surface area contributed by atoms with Gasteiger partial charge in [-0.3, -0.25) is 4.79 Å². The van der Waals surface area contributed by atoms with E-state index in [1.807, 2.05) is 0 Å². The molecule has 0 radical (unpaired) electrons. The molecule has 16 heavy (non-hydrogen) atoms. The fourth-order valence-corrected chi connectivity index (χ4v) is 1.78. The van der Waals surface area contributed by atoms with Gasteiger partial charge in [-0.25, -0.2) is 0 Å².